The molecule has 0 radical (unpaired) electrons. The Labute approximate surface area is 194 Å². The number of hydrogen-bond donors (Lipinski definition) is 0. The van der Waals surface area contributed by atoms with E-state index in [4.69, 9.17) is 9.72 Å². The minimum absolute atomic E-state index is 0.0323. The molecule has 1 saturated heterocycles. The minimum Gasteiger partial charge on any atom is -0.550 e. The van der Waals surface area contributed by atoms with Gasteiger partial charge in [0.25, 0.3) is 0 Å². The van der Waals surface area contributed by atoms with Gasteiger partial charge in [-0.15, -0.1) is 0 Å². The van der Waals surface area contributed by atoms with Gasteiger partial charge in [0.05, 0.1) is 23.9 Å². The number of ether oxygens (including phenoxy) is 1. The topological polar surface area (TPSA) is 85.8 Å². The Morgan fingerprint density at radius 2 is 2.03 bits per heavy atom. The molecule has 0 aliphatic carbocycles. The lowest BCUT2D eigenvalue weighted by Crippen LogP contribution is -2.57. The van der Waals surface area contributed by atoms with Crippen LogP contribution in [0.2, 0.25) is 0 Å². The second-order valence-corrected chi connectivity index (χ2v) is 10.1. The molecule has 4 unspecified atom stereocenters. The summed E-state index contributed by atoms with van der Waals surface area (Å²) in [4.78, 5) is 34.6. The van der Waals surface area contributed by atoms with Gasteiger partial charge in [-0.1, -0.05) is 25.1 Å². The number of pyridine rings is 1. The maximum Gasteiger partial charge on any atom is 0.235 e. The predicted molar refractivity (Wildman–Crippen MR) is 121 cm³/mol. The SMILES string of the molecule is CCC(C(=O)[O-])C1=CN2C(OC(C)CC2(C)C)C1C(=O)N1Cc2cc3ccccc3nc2C1. The van der Waals surface area contributed by atoms with Crippen LogP contribution < -0.4 is 5.11 Å². The standard InChI is InChI=1S/C26H31N3O4/c1-5-18(25(31)32)19-13-29-24(33-15(2)11-26(29,3)4)22(19)23(30)28-12-17-10-16-8-6-7-9-20(16)27-21(17)14-28/h6-10,13,15,18,22,24H,5,11-12,14H2,1-4H3,(H,31,32)/p-1. The Kier molecular flexibility index (Phi) is 5.20. The molecule has 0 spiro atoms. The van der Waals surface area contributed by atoms with Crippen molar-refractivity contribution in [1.29, 1.82) is 0 Å². The number of carbonyl (C=O) groups excluding carboxylic acids is 2. The second kappa shape index (κ2) is 7.83. The summed E-state index contributed by atoms with van der Waals surface area (Å²) in [6.07, 6.45) is 2.47. The van der Waals surface area contributed by atoms with Gasteiger partial charge < -0.3 is 24.4 Å². The van der Waals surface area contributed by atoms with Crippen molar-refractivity contribution in [2.45, 2.75) is 71.5 Å². The Morgan fingerprint density at radius 1 is 1.27 bits per heavy atom. The molecule has 0 bridgehead atoms. The quantitative estimate of drug-likeness (QED) is 0.715. The normalized spacial score (nSPS) is 26.7. The number of fused-ring (bicyclic) bond motifs is 3. The van der Waals surface area contributed by atoms with Crippen molar-refractivity contribution in [3.8, 4) is 0 Å². The molecule has 5 rings (SSSR count). The third-order valence-electron chi connectivity index (χ3n) is 7.33. The lowest BCUT2D eigenvalue weighted by Gasteiger charge is -2.48. The zero-order valence-corrected chi connectivity index (χ0v) is 19.6. The first-order valence-electron chi connectivity index (χ1n) is 11.7. The molecule has 1 aromatic carbocycles. The zero-order chi connectivity index (χ0) is 23.5. The summed E-state index contributed by atoms with van der Waals surface area (Å²) in [6, 6.07) is 10.0. The number of aromatic nitrogens is 1. The molecule has 3 aliphatic rings. The van der Waals surface area contributed by atoms with E-state index >= 15 is 0 Å². The summed E-state index contributed by atoms with van der Waals surface area (Å²) in [7, 11) is 0. The highest BCUT2D eigenvalue weighted by molar-refractivity contribution is 5.87. The van der Waals surface area contributed by atoms with Gasteiger partial charge in [0.1, 0.15) is 12.1 Å². The van der Waals surface area contributed by atoms with Crippen molar-refractivity contribution in [2.75, 3.05) is 0 Å². The number of hydrogen-bond acceptors (Lipinski definition) is 6. The first kappa shape index (κ1) is 21.9. The van der Waals surface area contributed by atoms with Crippen LogP contribution in [0.1, 0.15) is 51.8 Å². The molecule has 33 heavy (non-hydrogen) atoms. The van der Waals surface area contributed by atoms with Gasteiger partial charge in [0, 0.05) is 35.6 Å². The molecular formula is C26H30N3O4-. The number of amides is 1. The zero-order valence-electron chi connectivity index (χ0n) is 19.6. The minimum atomic E-state index is -1.15. The van der Waals surface area contributed by atoms with Crippen molar-refractivity contribution >= 4 is 22.8 Å². The molecule has 4 atom stereocenters. The fourth-order valence-electron chi connectivity index (χ4n) is 5.78. The predicted octanol–water partition coefficient (Wildman–Crippen LogP) is 2.58. The van der Waals surface area contributed by atoms with Crippen LogP contribution in [0.25, 0.3) is 10.9 Å². The maximum atomic E-state index is 14.0. The third kappa shape index (κ3) is 3.59. The molecule has 7 heteroatoms. The highest BCUT2D eigenvalue weighted by Crippen LogP contribution is 2.45. The van der Waals surface area contributed by atoms with Gasteiger partial charge in [0.15, 0.2) is 0 Å². The Bertz CT molecular complexity index is 1110. The van der Waals surface area contributed by atoms with Crippen LogP contribution in [0.4, 0.5) is 0 Å². The van der Waals surface area contributed by atoms with Gasteiger partial charge in [0.2, 0.25) is 5.91 Å². The van der Waals surface area contributed by atoms with E-state index in [0.717, 1.165) is 28.6 Å². The fourth-order valence-corrected chi connectivity index (χ4v) is 5.78. The number of nitrogens with zero attached hydrogens (tertiary/aromatic N) is 3. The van der Waals surface area contributed by atoms with Gasteiger partial charge in [-0.2, -0.15) is 0 Å². The maximum absolute atomic E-state index is 14.0. The van der Waals surface area contributed by atoms with Gasteiger partial charge in [-0.3, -0.25) is 9.78 Å². The highest BCUT2D eigenvalue weighted by atomic mass is 16.5. The van der Waals surface area contributed by atoms with E-state index in [1.807, 2.05) is 49.2 Å². The molecule has 2 aromatic rings. The van der Waals surface area contributed by atoms with E-state index in [1.54, 1.807) is 4.90 Å². The average Bonchev–Trinajstić information content (AvgIpc) is 3.33. The van der Waals surface area contributed by atoms with Crippen LogP contribution in [0, 0.1) is 11.8 Å². The summed E-state index contributed by atoms with van der Waals surface area (Å²) in [6.45, 7) is 8.92. The molecule has 174 valence electrons. The van der Waals surface area contributed by atoms with Gasteiger partial charge in [-0.05, 0) is 56.9 Å². The first-order chi connectivity index (χ1) is 15.7. The molecule has 7 nitrogen and oxygen atoms in total. The number of carboxylic acids is 1. The summed E-state index contributed by atoms with van der Waals surface area (Å²) in [5.74, 6) is -2.77. The number of carbonyl (C=O) groups is 2. The summed E-state index contributed by atoms with van der Waals surface area (Å²) < 4.78 is 6.28. The van der Waals surface area contributed by atoms with Crippen LogP contribution in [-0.4, -0.2) is 44.5 Å². The van der Waals surface area contributed by atoms with E-state index in [9.17, 15) is 14.7 Å². The number of para-hydroxylation sites is 1. The Morgan fingerprint density at radius 3 is 2.76 bits per heavy atom. The largest absolute Gasteiger partial charge is 0.550 e. The number of aliphatic carboxylic acids is 1. The molecule has 0 saturated carbocycles. The fraction of sp³-hybridized carbons (Fsp3) is 0.500. The molecule has 1 aromatic heterocycles. The van der Waals surface area contributed by atoms with E-state index in [1.165, 1.54) is 0 Å². The lowest BCUT2D eigenvalue weighted by molar-refractivity contribution is -0.310. The molecule has 0 N–H and O–H groups in total. The van der Waals surface area contributed by atoms with Crippen LogP contribution in [0.3, 0.4) is 0 Å². The molecule has 3 aliphatic heterocycles. The molecular weight excluding hydrogens is 418 g/mol. The summed E-state index contributed by atoms with van der Waals surface area (Å²) >= 11 is 0. The number of rotatable bonds is 4. The molecule has 1 amide bonds. The third-order valence-corrected chi connectivity index (χ3v) is 7.33. The summed E-state index contributed by atoms with van der Waals surface area (Å²) in [5.41, 5.74) is 3.18. The number of carboxylic acid groups (broad SMARTS) is 1. The Hall–Kier alpha value is -2.93. The van der Waals surface area contributed by atoms with Gasteiger partial charge >= 0.3 is 0 Å². The van der Waals surface area contributed by atoms with Crippen molar-refractivity contribution in [3.05, 3.63) is 53.4 Å². The smallest absolute Gasteiger partial charge is 0.235 e. The van der Waals surface area contributed by atoms with E-state index in [2.05, 4.69) is 19.9 Å². The van der Waals surface area contributed by atoms with E-state index in [0.29, 0.717) is 25.1 Å². The second-order valence-electron chi connectivity index (χ2n) is 10.1. The van der Waals surface area contributed by atoms with Crippen LogP contribution in [0.15, 0.2) is 42.1 Å². The first-order valence-corrected chi connectivity index (χ1v) is 11.7. The monoisotopic (exact) mass is 448 g/mol. The van der Waals surface area contributed by atoms with Crippen molar-refractivity contribution in [2.24, 2.45) is 11.8 Å². The highest BCUT2D eigenvalue weighted by Gasteiger charge is 2.52. The summed E-state index contributed by atoms with van der Waals surface area (Å²) in [5, 5.41) is 13.1. The number of benzene rings is 1. The Balaban J connectivity index is 1.49. The lowest BCUT2D eigenvalue weighted by atomic mass is 9.85. The van der Waals surface area contributed by atoms with Crippen LogP contribution in [-0.2, 0) is 27.4 Å². The van der Waals surface area contributed by atoms with E-state index in [-0.39, 0.29) is 17.6 Å². The average molecular weight is 449 g/mol. The van der Waals surface area contributed by atoms with E-state index < -0.39 is 24.0 Å². The van der Waals surface area contributed by atoms with Crippen LogP contribution in [0.5, 0.6) is 0 Å². The molecule has 1 fully saturated rings. The van der Waals surface area contributed by atoms with Crippen LogP contribution >= 0.6 is 0 Å². The van der Waals surface area contributed by atoms with Crippen molar-refractivity contribution in [1.82, 2.24) is 14.8 Å². The van der Waals surface area contributed by atoms with Crippen molar-refractivity contribution < 1.29 is 19.4 Å². The molecule has 4 heterocycles. The van der Waals surface area contributed by atoms with Gasteiger partial charge in [-0.25, -0.2) is 0 Å². The van der Waals surface area contributed by atoms with Crippen molar-refractivity contribution in [3.63, 3.8) is 0 Å².